The van der Waals surface area contributed by atoms with Crippen molar-refractivity contribution in [3.8, 4) is 0 Å². The quantitative estimate of drug-likeness (QED) is 0.873. The predicted octanol–water partition coefficient (Wildman–Crippen LogP) is 1.59. The Labute approximate surface area is 121 Å². The average molecular weight is 285 g/mol. The van der Waals surface area contributed by atoms with Crippen molar-refractivity contribution >= 4 is 17.6 Å². The van der Waals surface area contributed by atoms with Gasteiger partial charge in [0.25, 0.3) is 0 Å². The van der Waals surface area contributed by atoms with Crippen LogP contribution in [0.5, 0.6) is 0 Å². The standard InChI is InChI=1S/C15H15N3O3/c19-14(12-8-13(12)15(20)21)17-11-4-2-10(3-5-11)9-18-7-1-6-16-18/h1-7,12-13H,8-9H2,(H,17,19)(H,20,21)/t12-,13+/m1/s1. The van der Waals surface area contributed by atoms with E-state index in [1.54, 1.807) is 6.20 Å². The molecule has 1 saturated carbocycles. The third-order valence-electron chi connectivity index (χ3n) is 3.57. The van der Waals surface area contributed by atoms with Crippen LogP contribution >= 0.6 is 0 Å². The molecule has 2 atom stereocenters. The van der Waals surface area contributed by atoms with E-state index in [4.69, 9.17) is 5.11 Å². The molecule has 1 amide bonds. The molecule has 0 spiro atoms. The molecule has 0 bridgehead atoms. The van der Waals surface area contributed by atoms with E-state index in [1.165, 1.54) is 0 Å². The van der Waals surface area contributed by atoms with Crippen molar-refractivity contribution in [2.45, 2.75) is 13.0 Å². The van der Waals surface area contributed by atoms with Gasteiger partial charge in [-0.2, -0.15) is 5.10 Å². The van der Waals surface area contributed by atoms with Crippen LogP contribution in [0.2, 0.25) is 0 Å². The number of carbonyl (C=O) groups excluding carboxylic acids is 1. The lowest BCUT2D eigenvalue weighted by Gasteiger charge is -2.06. The Morgan fingerprint density at radius 3 is 2.62 bits per heavy atom. The molecule has 108 valence electrons. The summed E-state index contributed by atoms with van der Waals surface area (Å²) in [4.78, 5) is 22.6. The van der Waals surface area contributed by atoms with Gasteiger partial charge in [-0.25, -0.2) is 0 Å². The normalized spacial score (nSPS) is 20.0. The highest BCUT2D eigenvalue weighted by atomic mass is 16.4. The molecule has 2 aromatic rings. The van der Waals surface area contributed by atoms with Crippen LogP contribution in [0.1, 0.15) is 12.0 Å². The Kier molecular flexibility index (Phi) is 3.43. The summed E-state index contributed by atoms with van der Waals surface area (Å²) >= 11 is 0. The average Bonchev–Trinajstić information content (AvgIpc) is 3.13. The predicted molar refractivity (Wildman–Crippen MR) is 75.6 cm³/mol. The Balaban J connectivity index is 1.57. The summed E-state index contributed by atoms with van der Waals surface area (Å²) in [7, 11) is 0. The molecule has 0 saturated heterocycles. The first-order valence-electron chi connectivity index (χ1n) is 6.73. The smallest absolute Gasteiger partial charge is 0.307 e. The lowest BCUT2D eigenvalue weighted by Crippen LogP contribution is -2.16. The molecule has 0 aliphatic heterocycles. The molecule has 1 aromatic heterocycles. The van der Waals surface area contributed by atoms with Gasteiger partial charge in [-0.1, -0.05) is 12.1 Å². The molecule has 3 rings (SSSR count). The summed E-state index contributed by atoms with van der Waals surface area (Å²) in [5.41, 5.74) is 1.76. The maximum absolute atomic E-state index is 11.8. The van der Waals surface area contributed by atoms with Gasteiger partial charge in [-0.05, 0) is 30.2 Å². The van der Waals surface area contributed by atoms with E-state index in [-0.39, 0.29) is 5.91 Å². The van der Waals surface area contributed by atoms with Crippen LogP contribution in [0.3, 0.4) is 0 Å². The van der Waals surface area contributed by atoms with Gasteiger partial charge >= 0.3 is 5.97 Å². The zero-order valence-corrected chi connectivity index (χ0v) is 11.3. The third-order valence-corrected chi connectivity index (χ3v) is 3.57. The Hall–Kier alpha value is -2.63. The van der Waals surface area contributed by atoms with Crippen molar-refractivity contribution in [3.63, 3.8) is 0 Å². The molecular formula is C15H15N3O3. The SMILES string of the molecule is O=C(O)[C@H]1C[C@H]1C(=O)Nc1ccc(Cn2cccn2)cc1. The lowest BCUT2D eigenvalue weighted by molar-refractivity contribution is -0.139. The van der Waals surface area contributed by atoms with Gasteiger partial charge in [0, 0.05) is 18.1 Å². The van der Waals surface area contributed by atoms with Gasteiger partial charge in [-0.15, -0.1) is 0 Å². The molecule has 0 unspecified atom stereocenters. The maximum atomic E-state index is 11.8. The van der Waals surface area contributed by atoms with E-state index < -0.39 is 17.8 Å². The van der Waals surface area contributed by atoms with Crippen molar-refractivity contribution in [2.75, 3.05) is 5.32 Å². The number of hydrogen-bond acceptors (Lipinski definition) is 3. The Bertz CT molecular complexity index is 649. The first kappa shape index (κ1) is 13.4. The third kappa shape index (κ3) is 3.10. The number of rotatable bonds is 5. The number of aromatic nitrogens is 2. The van der Waals surface area contributed by atoms with Crippen LogP contribution in [0, 0.1) is 11.8 Å². The summed E-state index contributed by atoms with van der Waals surface area (Å²) in [5.74, 6) is -2.04. The first-order valence-corrected chi connectivity index (χ1v) is 6.73. The second-order valence-electron chi connectivity index (χ2n) is 5.18. The highest BCUT2D eigenvalue weighted by Gasteiger charge is 2.48. The number of anilines is 1. The Morgan fingerprint density at radius 2 is 2.05 bits per heavy atom. The fourth-order valence-corrected chi connectivity index (χ4v) is 2.27. The van der Waals surface area contributed by atoms with Gasteiger partial charge in [0.05, 0.1) is 18.4 Å². The second kappa shape index (κ2) is 5.40. The van der Waals surface area contributed by atoms with E-state index in [1.807, 2.05) is 41.2 Å². The van der Waals surface area contributed by atoms with Crippen LogP contribution in [0.25, 0.3) is 0 Å². The van der Waals surface area contributed by atoms with E-state index in [2.05, 4.69) is 10.4 Å². The van der Waals surface area contributed by atoms with Gasteiger partial charge in [0.1, 0.15) is 0 Å². The van der Waals surface area contributed by atoms with Crippen molar-refractivity contribution < 1.29 is 14.7 Å². The molecule has 1 aliphatic carbocycles. The minimum absolute atomic E-state index is 0.220. The molecule has 1 aromatic carbocycles. The number of amides is 1. The number of nitrogens with one attached hydrogen (secondary N) is 1. The fraction of sp³-hybridized carbons (Fsp3) is 0.267. The maximum Gasteiger partial charge on any atom is 0.307 e. The van der Waals surface area contributed by atoms with Gasteiger partial charge < -0.3 is 10.4 Å². The zero-order chi connectivity index (χ0) is 14.8. The number of carboxylic acids is 1. The van der Waals surface area contributed by atoms with Crippen molar-refractivity contribution in [2.24, 2.45) is 11.8 Å². The number of carbonyl (C=O) groups is 2. The van der Waals surface area contributed by atoms with Gasteiger partial charge in [0.15, 0.2) is 0 Å². The number of hydrogen-bond donors (Lipinski definition) is 2. The Morgan fingerprint density at radius 1 is 1.29 bits per heavy atom. The van der Waals surface area contributed by atoms with E-state index in [9.17, 15) is 9.59 Å². The van der Waals surface area contributed by atoms with Crippen molar-refractivity contribution in [3.05, 3.63) is 48.3 Å². The van der Waals surface area contributed by atoms with Crippen LogP contribution < -0.4 is 5.32 Å². The summed E-state index contributed by atoms with van der Waals surface area (Å²) in [6.07, 6.45) is 4.04. The van der Waals surface area contributed by atoms with Crippen LogP contribution in [-0.2, 0) is 16.1 Å². The molecule has 6 nitrogen and oxygen atoms in total. The number of benzene rings is 1. The topological polar surface area (TPSA) is 84.2 Å². The minimum atomic E-state index is -0.898. The van der Waals surface area contributed by atoms with E-state index in [0.29, 0.717) is 18.7 Å². The second-order valence-corrected chi connectivity index (χ2v) is 5.18. The largest absolute Gasteiger partial charge is 0.481 e. The van der Waals surface area contributed by atoms with Crippen molar-refractivity contribution in [1.29, 1.82) is 0 Å². The molecule has 2 N–H and O–H groups in total. The fourth-order valence-electron chi connectivity index (χ4n) is 2.27. The molecule has 21 heavy (non-hydrogen) atoms. The minimum Gasteiger partial charge on any atom is -0.481 e. The highest BCUT2D eigenvalue weighted by Crippen LogP contribution is 2.39. The highest BCUT2D eigenvalue weighted by molar-refractivity contribution is 5.98. The number of aliphatic carboxylic acids is 1. The molecule has 1 fully saturated rings. The monoisotopic (exact) mass is 285 g/mol. The van der Waals surface area contributed by atoms with E-state index in [0.717, 1.165) is 5.56 Å². The number of carboxylic acid groups (broad SMARTS) is 1. The molecule has 1 heterocycles. The number of nitrogens with zero attached hydrogens (tertiary/aromatic N) is 2. The molecule has 1 aliphatic rings. The van der Waals surface area contributed by atoms with Crippen LogP contribution in [0.15, 0.2) is 42.7 Å². The van der Waals surface area contributed by atoms with Crippen LogP contribution in [-0.4, -0.2) is 26.8 Å². The summed E-state index contributed by atoms with van der Waals surface area (Å²) < 4.78 is 1.81. The summed E-state index contributed by atoms with van der Waals surface area (Å²) in [6.45, 7) is 0.672. The first-order chi connectivity index (χ1) is 10.1. The van der Waals surface area contributed by atoms with E-state index >= 15 is 0 Å². The summed E-state index contributed by atoms with van der Waals surface area (Å²) in [6, 6.07) is 9.32. The zero-order valence-electron chi connectivity index (χ0n) is 11.3. The van der Waals surface area contributed by atoms with Crippen LogP contribution in [0.4, 0.5) is 5.69 Å². The molecular weight excluding hydrogens is 270 g/mol. The summed E-state index contributed by atoms with van der Waals surface area (Å²) in [5, 5.41) is 15.7. The molecule has 6 heteroatoms. The molecule has 0 radical (unpaired) electrons. The van der Waals surface area contributed by atoms with Gasteiger partial charge in [0.2, 0.25) is 5.91 Å². The van der Waals surface area contributed by atoms with Gasteiger partial charge in [-0.3, -0.25) is 14.3 Å². The lowest BCUT2D eigenvalue weighted by atomic mass is 10.2. The van der Waals surface area contributed by atoms with Crippen molar-refractivity contribution in [1.82, 2.24) is 9.78 Å².